The van der Waals surface area contributed by atoms with Gasteiger partial charge in [-0.15, -0.1) is 0 Å². The molecule has 1 aromatic rings. The highest BCUT2D eigenvalue weighted by Gasteiger charge is 2.27. The SMILES string of the molecule is COc1ccc(C(CC(=O)N2CC(C)NC(C)C2)NC(C)=O)cc1. The molecule has 1 aliphatic heterocycles. The normalized spacial score (nSPS) is 21.9. The van der Waals surface area contributed by atoms with Gasteiger partial charge >= 0.3 is 0 Å². The second-order valence-electron chi connectivity index (χ2n) is 6.50. The molecule has 24 heavy (non-hydrogen) atoms. The van der Waals surface area contributed by atoms with Crippen molar-refractivity contribution >= 4 is 11.8 Å². The second kappa shape index (κ2) is 8.15. The predicted octanol–water partition coefficient (Wildman–Crippen LogP) is 1.47. The van der Waals surface area contributed by atoms with E-state index < -0.39 is 0 Å². The molecule has 132 valence electrons. The minimum atomic E-state index is -0.332. The first kappa shape index (κ1) is 18.3. The number of nitrogens with one attached hydrogen (secondary N) is 2. The van der Waals surface area contributed by atoms with Crippen LogP contribution in [0.15, 0.2) is 24.3 Å². The molecule has 0 bridgehead atoms. The predicted molar refractivity (Wildman–Crippen MR) is 92.8 cm³/mol. The van der Waals surface area contributed by atoms with Gasteiger partial charge in [-0.2, -0.15) is 0 Å². The van der Waals surface area contributed by atoms with Gasteiger partial charge < -0.3 is 20.3 Å². The van der Waals surface area contributed by atoms with Gasteiger partial charge in [-0.05, 0) is 31.5 Å². The minimum absolute atomic E-state index is 0.0600. The van der Waals surface area contributed by atoms with Gasteiger partial charge in [0.1, 0.15) is 5.75 Å². The summed E-state index contributed by atoms with van der Waals surface area (Å²) in [5.41, 5.74) is 0.899. The molecule has 0 aromatic heterocycles. The van der Waals surface area contributed by atoms with Gasteiger partial charge in [0, 0.05) is 32.1 Å². The standard InChI is InChI=1S/C18H27N3O3/c1-12-10-21(11-13(2)19-12)18(23)9-17(20-14(3)22)15-5-7-16(24-4)8-6-15/h5-8,12-13,17,19H,9-11H2,1-4H3,(H,20,22). The monoisotopic (exact) mass is 333 g/mol. The highest BCUT2D eigenvalue weighted by Crippen LogP contribution is 2.22. The van der Waals surface area contributed by atoms with E-state index in [-0.39, 0.29) is 36.4 Å². The summed E-state index contributed by atoms with van der Waals surface area (Å²) >= 11 is 0. The van der Waals surface area contributed by atoms with Crippen molar-refractivity contribution in [1.82, 2.24) is 15.5 Å². The van der Waals surface area contributed by atoms with Crippen molar-refractivity contribution in [3.05, 3.63) is 29.8 Å². The number of nitrogens with zero attached hydrogens (tertiary/aromatic N) is 1. The summed E-state index contributed by atoms with van der Waals surface area (Å²) in [6.07, 6.45) is 0.255. The second-order valence-corrected chi connectivity index (χ2v) is 6.50. The van der Waals surface area contributed by atoms with Crippen molar-refractivity contribution in [2.75, 3.05) is 20.2 Å². The number of carbonyl (C=O) groups is 2. The number of benzene rings is 1. The van der Waals surface area contributed by atoms with Gasteiger partial charge in [0.05, 0.1) is 19.6 Å². The van der Waals surface area contributed by atoms with Gasteiger partial charge in [0.15, 0.2) is 0 Å². The van der Waals surface area contributed by atoms with E-state index >= 15 is 0 Å². The zero-order valence-electron chi connectivity index (χ0n) is 14.8. The first-order chi connectivity index (χ1) is 11.4. The van der Waals surface area contributed by atoms with E-state index in [4.69, 9.17) is 4.74 Å². The zero-order chi connectivity index (χ0) is 17.7. The largest absolute Gasteiger partial charge is 0.497 e. The smallest absolute Gasteiger partial charge is 0.225 e. The third-order valence-corrected chi connectivity index (χ3v) is 4.18. The number of carbonyl (C=O) groups excluding carboxylic acids is 2. The van der Waals surface area contributed by atoms with E-state index in [9.17, 15) is 9.59 Å². The Balaban J connectivity index is 2.09. The molecule has 1 aromatic carbocycles. The summed E-state index contributed by atoms with van der Waals surface area (Å²) in [6.45, 7) is 7.00. The first-order valence-corrected chi connectivity index (χ1v) is 8.34. The minimum Gasteiger partial charge on any atom is -0.497 e. The number of ether oxygens (including phenoxy) is 1. The summed E-state index contributed by atoms with van der Waals surface area (Å²) in [5, 5.41) is 6.30. The third kappa shape index (κ3) is 4.96. The number of hydrogen-bond acceptors (Lipinski definition) is 4. The number of amides is 2. The molecule has 3 atom stereocenters. The summed E-state index contributed by atoms with van der Waals surface area (Å²) in [7, 11) is 1.61. The maximum atomic E-state index is 12.7. The summed E-state index contributed by atoms with van der Waals surface area (Å²) in [5.74, 6) is 0.659. The molecule has 3 unspecified atom stereocenters. The van der Waals surface area contributed by atoms with Crippen molar-refractivity contribution in [2.24, 2.45) is 0 Å². The topological polar surface area (TPSA) is 70.7 Å². The van der Waals surface area contributed by atoms with Crippen molar-refractivity contribution in [3.63, 3.8) is 0 Å². The molecule has 1 saturated heterocycles. The Morgan fingerprint density at radius 3 is 2.33 bits per heavy atom. The Bertz CT molecular complexity index is 563. The molecule has 0 saturated carbocycles. The van der Waals surface area contributed by atoms with E-state index in [1.54, 1.807) is 7.11 Å². The molecule has 0 aliphatic carbocycles. The van der Waals surface area contributed by atoms with Crippen LogP contribution in [0.2, 0.25) is 0 Å². The molecule has 6 heteroatoms. The molecule has 2 N–H and O–H groups in total. The van der Waals surface area contributed by atoms with Gasteiger partial charge in [-0.3, -0.25) is 9.59 Å². The number of hydrogen-bond donors (Lipinski definition) is 2. The van der Waals surface area contributed by atoms with Gasteiger partial charge in [-0.25, -0.2) is 0 Å². The first-order valence-electron chi connectivity index (χ1n) is 8.34. The summed E-state index contributed by atoms with van der Waals surface area (Å²) < 4.78 is 5.16. The van der Waals surface area contributed by atoms with E-state index in [2.05, 4.69) is 24.5 Å². The van der Waals surface area contributed by atoms with E-state index in [1.807, 2.05) is 29.2 Å². The number of rotatable bonds is 5. The van der Waals surface area contributed by atoms with E-state index in [0.29, 0.717) is 13.1 Å². The summed E-state index contributed by atoms with van der Waals surface area (Å²) in [6, 6.07) is 7.66. The van der Waals surface area contributed by atoms with Crippen LogP contribution in [0.3, 0.4) is 0 Å². The molecular formula is C18H27N3O3. The molecule has 0 radical (unpaired) electrons. The lowest BCUT2D eigenvalue weighted by molar-refractivity contribution is -0.133. The zero-order valence-corrected chi connectivity index (χ0v) is 14.8. The van der Waals surface area contributed by atoms with Crippen LogP contribution in [0, 0.1) is 0 Å². The fourth-order valence-electron chi connectivity index (χ4n) is 3.17. The van der Waals surface area contributed by atoms with Crippen LogP contribution in [0.1, 0.15) is 38.8 Å². The van der Waals surface area contributed by atoms with Crippen LogP contribution < -0.4 is 15.4 Å². The average Bonchev–Trinajstić information content (AvgIpc) is 2.53. The lowest BCUT2D eigenvalue weighted by Gasteiger charge is -2.37. The van der Waals surface area contributed by atoms with Crippen molar-refractivity contribution in [3.8, 4) is 5.75 Å². The Kier molecular flexibility index (Phi) is 6.20. The van der Waals surface area contributed by atoms with Crippen LogP contribution in [-0.4, -0.2) is 49.0 Å². The average molecular weight is 333 g/mol. The number of methoxy groups -OCH3 is 1. The molecule has 2 rings (SSSR count). The van der Waals surface area contributed by atoms with Gasteiger partial charge in [0.25, 0.3) is 0 Å². The Morgan fingerprint density at radius 2 is 1.83 bits per heavy atom. The lowest BCUT2D eigenvalue weighted by atomic mass is 10.0. The quantitative estimate of drug-likeness (QED) is 0.856. The Labute approximate surface area is 143 Å². The van der Waals surface area contributed by atoms with Crippen LogP contribution in [0.4, 0.5) is 0 Å². The maximum Gasteiger partial charge on any atom is 0.225 e. The molecule has 6 nitrogen and oxygen atoms in total. The van der Waals surface area contributed by atoms with Crippen molar-refractivity contribution < 1.29 is 14.3 Å². The molecule has 1 fully saturated rings. The number of piperazine rings is 1. The van der Waals surface area contributed by atoms with E-state index in [0.717, 1.165) is 11.3 Å². The lowest BCUT2D eigenvalue weighted by Crippen LogP contribution is -2.56. The maximum absolute atomic E-state index is 12.7. The van der Waals surface area contributed by atoms with Crippen LogP contribution in [0.5, 0.6) is 5.75 Å². The third-order valence-electron chi connectivity index (χ3n) is 4.18. The fraction of sp³-hybridized carbons (Fsp3) is 0.556. The molecule has 1 heterocycles. The highest BCUT2D eigenvalue weighted by atomic mass is 16.5. The summed E-state index contributed by atoms with van der Waals surface area (Å²) in [4.78, 5) is 26.1. The van der Waals surface area contributed by atoms with Crippen LogP contribution in [-0.2, 0) is 9.59 Å². The molecular weight excluding hydrogens is 306 g/mol. The molecule has 0 spiro atoms. The van der Waals surface area contributed by atoms with Crippen molar-refractivity contribution in [2.45, 2.75) is 45.3 Å². The van der Waals surface area contributed by atoms with E-state index in [1.165, 1.54) is 6.92 Å². The van der Waals surface area contributed by atoms with Gasteiger partial charge in [0.2, 0.25) is 11.8 Å². The molecule has 1 aliphatic rings. The highest BCUT2D eigenvalue weighted by molar-refractivity contribution is 5.79. The Hall–Kier alpha value is -2.08. The van der Waals surface area contributed by atoms with Crippen LogP contribution in [0.25, 0.3) is 0 Å². The van der Waals surface area contributed by atoms with Crippen LogP contribution >= 0.6 is 0 Å². The molecule has 2 amide bonds. The van der Waals surface area contributed by atoms with Crippen molar-refractivity contribution in [1.29, 1.82) is 0 Å². The Morgan fingerprint density at radius 1 is 1.25 bits per heavy atom. The fourth-order valence-corrected chi connectivity index (χ4v) is 3.17. The van der Waals surface area contributed by atoms with Gasteiger partial charge in [-0.1, -0.05) is 12.1 Å².